The molecule has 0 amide bonds. The lowest BCUT2D eigenvalue weighted by molar-refractivity contribution is 0.0696. The fraction of sp³-hybridized carbons (Fsp3) is 0.182. The maximum Gasteiger partial charge on any atom is 0.336 e. The third-order valence-electron chi connectivity index (χ3n) is 1.84. The smallest absolute Gasteiger partial charge is 0.336 e. The lowest BCUT2D eigenvalue weighted by Gasteiger charge is -1.99. The molecule has 0 aliphatic carbocycles. The molecule has 0 fully saturated rings. The van der Waals surface area contributed by atoms with Crippen molar-refractivity contribution in [3.63, 3.8) is 0 Å². The zero-order valence-corrected chi connectivity index (χ0v) is 9.48. The summed E-state index contributed by atoms with van der Waals surface area (Å²) in [4.78, 5) is 13.5. The van der Waals surface area contributed by atoms with E-state index in [0.29, 0.717) is 17.0 Å². The lowest BCUT2D eigenvalue weighted by atomic mass is 10.1. The van der Waals surface area contributed by atoms with Crippen molar-refractivity contribution < 1.29 is 9.90 Å². The highest BCUT2D eigenvalue weighted by molar-refractivity contribution is 6.30. The zero-order valence-electron chi connectivity index (χ0n) is 8.72. The van der Waals surface area contributed by atoms with Gasteiger partial charge in [0.25, 0.3) is 0 Å². The second-order valence-electron chi connectivity index (χ2n) is 3.00. The predicted octanol–water partition coefficient (Wildman–Crippen LogP) is 3.09. The average Bonchev–Trinajstić information content (AvgIpc) is 2.28. The molecule has 0 radical (unpaired) electrons. The van der Waals surface area contributed by atoms with Crippen LogP contribution in [-0.2, 0) is 0 Å². The third kappa shape index (κ3) is 4.07. The van der Waals surface area contributed by atoms with Gasteiger partial charge in [0.2, 0.25) is 0 Å². The Balaban J connectivity index is 2.91. The number of rotatable bonds is 3. The Morgan fingerprint density at radius 2 is 2.35 bits per heavy atom. The van der Waals surface area contributed by atoms with Crippen molar-refractivity contribution in [1.29, 1.82) is 0 Å². The van der Waals surface area contributed by atoms with E-state index in [0.717, 1.165) is 0 Å². The van der Waals surface area contributed by atoms with Crippen molar-refractivity contribution in [3.05, 3.63) is 44.8 Å². The molecule has 1 N–H and O–H groups in total. The SMILES string of the molecule is [N-]=[N+]=NCCC#Cc1cc(Cl)ccc1C(=O)O. The van der Waals surface area contributed by atoms with E-state index in [2.05, 4.69) is 21.9 Å². The summed E-state index contributed by atoms with van der Waals surface area (Å²) < 4.78 is 0. The Morgan fingerprint density at radius 3 is 3.00 bits per heavy atom. The predicted molar refractivity (Wildman–Crippen MR) is 63.9 cm³/mol. The van der Waals surface area contributed by atoms with Crippen molar-refractivity contribution >= 4 is 17.6 Å². The standard InChI is InChI=1S/C11H8ClN3O2/c12-9-4-5-10(11(16)17)8(7-9)3-1-2-6-14-15-13/h4-5,7H,2,6H2,(H,16,17). The van der Waals surface area contributed by atoms with E-state index in [9.17, 15) is 4.79 Å². The molecular weight excluding hydrogens is 242 g/mol. The Bertz CT molecular complexity index is 539. The average molecular weight is 250 g/mol. The molecule has 0 aliphatic rings. The number of aromatic carboxylic acids is 1. The highest BCUT2D eigenvalue weighted by Gasteiger charge is 2.08. The molecule has 5 nitrogen and oxygen atoms in total. The fourth-order valence-corrected chi connectivity index (χ4v) is 1.29. The molecule has 0 saturated carbocycles. The number of halogens is 1. The van der Waals surface area contributed by atoms with E-state index >= 15 is 0 Å². The van der Waals surface area contributed by atoms with Crippen LogP contribution in [0.3, 0.4) is 0 Å². The van der Waals surface area contributed by atoms with Crippen LogP contribution < -0.4 is 0 Å². The third-order valence-corrected chi connectivity index (χ3v) is 2.07. The summed E-state index contributed by atoms with van der Waals surface area (Å²) in [6, 6.07) is 4.39. The minimum absolute atomic E-state index is 0.102. The monoisotopic (exact) mass is 249 g/mol. The van der Waals surface area contributed by atoms with Gasteiger partial charge >= 0.3 is 5.97 Å². The highest BCUT2D eigenvalue weighted by Crippen LogP contribution is 2.15. The Kier molecular flexibility index (Phi) is 4.89. The highest BCUT2D eigenvalue weighted by atomic mass is 35.5. The van der Waals surface area contributed by atoms with Gasteiger partial charge in [-0.1, -0.05) is 28.6 Å². The van der Waals surface area contributed by atoms with Gasteiger partial charge in [-0.05, 0) is 23.7 Å². The molecular formula is C11H8ClN3O2. The molecule has 1 aromatic rings. The second-order valence-corrected chi connectivity index (χ2v) is 3.44. The van der Waals surface area contributed by atoms with Crippen molar-refractivity contribution in [2.45, 2.75) is 6.42 Å². The maximum absolute atomic E-state index is 10.9. The summed E-state index contributed by atoms with van der Waals surface area (Å²) >= 11 is 5.76. The quantitative estimate of drug-likeness (QED) is 0.293. The van der Waals surface area contributed by atoms with Crippen LogP contribution in [0.25, 0.3) is 10.4 Å². The minimum Gasteiger partial charge on any atom is -0.478 e. The molecule has 0 aromatic heterocycles. The van der Waals surface area contributed by atoms with Crippen molar-refractivity contribution in [3.8, 4) is 11.8 Å². The van der Waals surface area contributed by atoms with Gasteiger partial charge in [0.1, 0.15) is 0 Å². The van der Waals surface area contributed by atoms with E-state index in [-0.39, 0.29) is 12.1 Å². The zero-order chi connectivity index (χ0) is 12.7. The molecule has 0 unspecified atom stereocenters. The first kappa shape index (κ1) is 12.9. The molecule has 0 spiro atoms. The van der Waals surface area contributed by atoms with E-state index < -0.39 is 5.97 Å². The van der Waals surface area contributed by atoms with Crippen LogP contribution >= 0.6 is 11.6 Å². The molecule has 0 atom stereocenters. The van der Waals surface area contributed by atoms with Crippen LogP contribution in [-0.4, -0.2) is 17.6 Å². The van der Waals surface area contributed by atoms with E-state index in [1.165, 1.54) is 18.2 Å². The number of hydrogen-bond acceptors (Lipinski definition) is 2. The van der Waals surface area contributed by atoms with Crippen LogP contribution in [0.5, 0.6) is 0 Å². The molecule has 0 aliphatic heterocycles. The first-order valence-electron chi connectivity index (χ1n) is 4.67. The van der Waals surface area contributed by atoms with Gasteiger partial charge in [-0.3, -0.25) is 0 Å². The number of carboxylic acid groups (broad SMARTS) is 1. The van der Waals surface area contributed by atoms with Gasteiger partial charge in [-0.2, -0.15) is 0 Å². The normalized spacial score (nSPS) is 8.76. The summed E-state index contributed by atoms with van der Waals surface area (Å²) in [6.07, 6.45) is 0.371. The molecule has 1 aromatic carbocycles. The van der Waals surface area contributed by atoms with Crippen LogP contribution in [0.1, 0.15) is 22.3 Å². The summed E-state index contributed by atoms with van der Waals surface area (Å²) in [6.45, 7) is 0.256. The van der Waals surface area contributed by atoms with E-state index in [4.69, 9.17) is 22.2 Å². The topological polar surface area (TPSA) is 86.1 Å². The molecule has 0 saturated heterocycles. The fourth-order valence-electron chi connectivity index (χ4n) is 1.11. The molecule has 0 heterocycles. The maximum atomic E-state index is 10.9. The minimum atomic E-state index is -1.05. The number of hydrogen-bond donors (Lipinski definition) is 1. The number of carbonyl (C=O) groups is 1. The summed E-state index contributed by atoms with van der Waals surface area (Å²) in [5.74, 6) is 4.36. The largest absolute Gasteiger partial charge is 0.478 e. The molecule has 1 rings (SSSR count). The molecule has 6 heteroatoms. The lowest BCUT2D eigenvalue weighted by Crippen LogP contribution is -1.99. The van der Waals surface area contributed by atoms with Crippen LogP contribution in [0.2, 0.25) is 5.02 Å². The number of nitrogens with zero attached hydrogens (tertiary/aromatic N) is 3. The summed E-state index contributed by atoms with van der Waals surface area (Å²) in [5, 5.41) is 12.7. The summed E-state index contributed by atoms with van der Waals surface area (Å²) in [5.41, 5.74) is 8.51. The Hall–Kier alpha value is -2.15. The van der Waals surface area contributed by atoms with Crippen molar-refractivity contribution in [1.82, 2.24) is 0 Å². The van der Waals surface area contributed by atoms with Gasteiger partial charge in [0.15, 0.2) is 0 Å². The number of benzene rings is 1. The molecule has 0 bridgehead atoms. The van der Waals surface area contributed by atoms with Gasteiger partial charge in [-0.25, -0.2) is 4.79 Å². The number of carboxylic acids is 1. The second kappa shape index (κ2) is 6.44. The molecule has 17 heavy (non-hydrogen) atoms. The first-order chi connectivity index (χ1) is 8.15. The van der Waals surface area contributed by atoms with Gasteiger partial charge in [-0.15, -0.1) is 0 Å². The van der Waals surface area contributed by atoms with E-state index in [1.54, 1.807) is 0 Å². The van der Waals surface area contributed by atoms with Gasteiger partial charge < -0.3 is 5.11 Å². The van der Waals surface area contributed by atoms with Crippen LogP contribution in [0.4, 0.5) is 0 Å². The molecule has 86 valence electrons. The Labute approximate surface area is 103 Å². The Morgan fingerprint density at radius 1 is 1.59 bits per heavy atom. The van der Waals surface area contributed by atoms with Gasteiger partial charge in [0.05, 0.1) is 5.56 Å². The number of azide groups is 1. The summed E-state index contributed by atoms with van der Waals surface area (Å²) in [7, 11) is 0. The van der Waals surface area contributed by atoms with Gasteiger partial charge in [0, 0.05) is 28.5 Å². The van der Waals surface area contributed by atoms with Crippen LogP contribution in [0, 0.1) is 11.8 Å². The van der Waals surface area contributed by atoms with Crippen LogP contribution in [0.15, 0.2) is 23.3 Å². The van der Waals surface area contributed by atoms with Crippen molar-refractivity contribution in [2.75, 3.05) is 6.54 Å². The first-order valence-corrected chi connectivity index (χ1v) is 5.05. The van der Waals surface area contributed by atoms with E-state index in [1.807, 2.05) is 0 Å². The van der Waals surface area contributed by atoms with Crippen molar-refractivity contribution in [2.24, 2.45) is 5.11 Å².